The van der Waals surface area contributed by atoms with Crippen LogP contribution in [0.25, 0.3) is 0 Å². The predicted molar refractivity (Wildman–Crippen MR) is 203 cm³/mol. The lowest BCUT2D eigenvalue weighted by atomic mass is 9.94. The third-order valence-corrected chi connectivity index (χ3v) is 11.3. The number of aryl methyl sites for hydroxylation is 1. The summed E-state index contributed by atoms with van der Waals surface area (Å²) in [6.45, 7) is 1.35. The van der Waals surface area contributed by atoms with E-state index in [4.69, 9.17) is 25.8 Å². The Labute approximate surface area is 311 Å². The van der Waals surface area contributed by atoms with Gasteiger partial charge in [-0.05, 0) is 61.2 Å². The highest BCUT2D eigenvalue weighted by atomic mass is 35.5. The average Bonchev–Trinajstić information content (AvgIpc) is 3.15. The molecule has 12 heteroatoms. The lowest BCUT2D eigenvalue weighted by molar-refractivity contribution is -0.140. The van der Waals surface area contributed by atoms with Gasteiger partial charge in [0.25, 0.3) is 10.0 Å². The average molecular weight is 748 g/mol. The number of sulfonamides is 1. The minimum absolute atomic E-state index is 0.00639. The van der Waals surface area contributed by atoms with Crippen LogP contribution in [0.15, 0.2) is 95.9 Å². The normalized spacial score (nSPS) is 13.9. The van der Waals surface area contributed by atoms with Crippen LogP contribution in [0.5, 0.6) is 17.2 Å². The molecule has 1 fully saturated rings. The molecule has 0 aromatic heterocycles. The number of rotatable bonds is 15. The van der Waals surface area contributed by atoms with Gasteiger partial charge in [0.05, 0.1) is 31.9 Å². The Morgan fingerprint density at radius 2 is 1.48 bits per heavy atom. The zero-order valence-corrected chi connectivity index (χ0v) is 31.6. The number of amides is 2. The van der Waals surface area contributed by atoms with E-state index >= 15 is 0 Å². The number of halogens is 1. The number of benzene rings is 4. The molecule has 4 aromatic carbocycles. The van der Waals surface area contributed by atoms with Gasteiger partial charge in [-0.25, -0.2) is 8.42 Å². The molecule has 0 bridgehead atoms. The van der Waals surface area contributed by atoms with Crippen LogP contribution in [0.3, 0.4) is 0 Å². The summed E-state index contributed by atoms with van der Waals surface area (Å²) in [5, 5.41) is 3.47. The van der Waals surface area contributed by atoms with Gasteiger partial charge in [0.15, 0.2) is 11.5 Å². The summed E-state index contributed by atoms with van der Waals surface area (Å²) in [5.41, 5.74) is 2.70. The van der Waals surface area contributed by atoms with E-state index in [-0.39, 0.29) is 52.0 Å². The number of nitrogens with one attached hydrogen (secondary N) is 1. The number of methoxy groups -OCH3 is 3. The van der Waals surface area contributed by atoms with Crippen molar-refractivity contribution < 1.29 is 32.2 Å². The molecule has 0 radical (unpaired) electrons. The molecule has 4 aromatic rings. The second-order valence-corrected chi connectivity index (χ2v) is 15.2. The SMILES string of the molecule is COc1ccc(S(=O)(=O)N(CC(=O)N(Cc2cccc(C)c2)[C@H](Cc2ccccc2)C(=O)NC2CCCCC2)c2cc(Cl)ccc2OC)cc1OC. The Morgan fingerprint density at radius 1 is 0.808 bits per heavy atom. The number of hydrogen-bond donors (Lipinski definition) is 1. The van der Waals surface area contributed by atoms with Gasteiger partial charge in [0.1, 0.15) is 18.3 Å². The zero-order valence-electron chi connectivity index (χ0n) is 30.0. The van der Waals surface area contributed by atoms with Crippen molar-refractivity contribution in [3.63, 3.8) is 0 Å². The topological polar surface area (TPSA) is 114 Å². The fraction of sp³-hybridized carbons (Fsp3) is 0.350. The van der Waals surface area contributed by atoms with E-state index in [2.05, 4.69) is 5.32 Å². The lowest BCUT2D eigenvalue weighted by Gasteiger charge is -2.35. The summed E-state index contributed by atoms with van der Waals surface area (Å²) in [6.07, 6.45) is 5.10. The van der Waals surface area contributed by atoms with Crippen molar-refractivity contribution in [2.75, 3.05) is 32.2 Å². The van der Waals surface area contributed by atoms with Crippen LogP contribution in [-0.4, -0.2) is 65.1 Å². The zero-order chi connectivity index (χ0) is 37.3. The standard InChI is InChI=1S/C40H46ClN3O7S/c1-28-12-11-15-30(22-28)26-43(35(23-29-13-7-5-8-14-29)40(46)42-32-16-9-6-10-17-32)39(45)27-44(34-24-31(41)18-20-36(34)49-2)52(47,48)33-19-21-37(50-3)38(25-33)51-4/h5,7-8,11-15,18-22,24-25,32,35H,6,9-10,16-17,23,26-27H2,1-4H3,(H,42,46)/t35-/m1/s1. The summed E-state index contributed by atoms with van der Waals surface area (Å²) in [5.74, 6) is -0.168. The van der Waals surface area contributed by atoms with Gasteiger partial charge in [-0.3, -0.25) is 13.9 Å². The van der Waals surface area contributed by atoms with Crippen molar-refractivity contribution in [1.82, 2.24) is 10.2 Å². The molecule has 10 nitrogen and oxygen atoms in total. The maximum absolute atomic E-state index is 15.0. The molecule has 5 rings (SSSR count). The highest BCUT2D eigenvalue weighted by molar-refractivity contribution is 7.92. The molecule has 1 N–H and O–H groups in total. The maximum Gasteiger partial charge on any atom is 0.265 e. The van der Waals surface area contributed by atoms with Crippen molar-refractivity contribution in [1.29, 1.82) is 0 Å². The fourth-order valence-corrected chi connectivity index (χ4v) is 8.18. The van der Waals surface area contributed by atoms with Crippen LogP contribution in [0.2, 0.25) is 5.02 Å². The third kappa shape index (κ3) is 9.37. The summed E-state index contributed by atoms with van der Waals surface area (Å²) in [6, 6.07) is 25.0. The summed E-state index contributed by atoms with van der Waals surface area (Å²) in [4.78, 5) is 30.7. The Morgan fingerprint density at radius 3 is 2.15 bits per heavy atom. The van der Waals surface area contributed by atoms with Gasteiger partial charge in [-0.15, -0.1) is 0 Å². The van der Waals surface area contributed by atoms with Gasteiger partial charge >= 0.3 is 0 Å². The van der Waals surface area contributed by atoms with E-state index in [1.54, 1.807) is 12.1 Å². The van der Waals surface area contributed by atoms with Crippen LogP contribution in [0.4, 0.5) is 5.69 Å². The molecular weight excluding hydrogens is 702 g/mol. The first-order valence-electron chi connectivity index (χ1n) is 17.3. The smallest absolute Gasteiger partial charge is 0.265 e. The van der Waals surface area contributed by atoms with Gasteiger partial charge in [-0.1, -0.05) is 91.0 Å². The largest absolute Gasteiger partial charge is 0.495 e. The Hall–Kier alpha value is -4.74. The maximum atomic E-state index is 15.0. The van der Waals surface area contributed by atoms with Crippen molar-refractivity contribution >= 4 is 39.1 Å². The molecule has 0 unspecified atom stereocenters. The van der Waals surface area contributed by atoms with E-state index < -0.39 is 28.5 Å². The molecule has 0 spiro atoms. The quantitative estimate of drug-likeness (QED) is 0.140. The van der Waals surface area contributed by atoms with E-state index in [0.717, 1.165) is 53.1 Å². The molecular formula is C40H46ClN3O7S. The second-order valence-electron chi connectivity index (χ2n) is 12.9. The first kappa shape index (κ1) is 38.5. The summed E-state index contributed by atoms with van der Waals surface area (Å²) >= 11 is 6.44. The highest BCUT2D eigenvalue weighted by Crippen LogP contribution is 2.37. The van der Waals surface area contributed by atoms with Crippen LogP contribution in [0.1, 0.15) is 48.8 Å². The minimum atomic E-state index is -4.49. The van der Waals surface area contributed by atoms with Crippen molar-refractivity contribution in [3.8, 4) is 17.2 Å². The Balaban J connectivity index is 1.62. The first-order valence-corrected chi connectivity index (χ1v) is 19.1. The number of hydrogen-bond acceptors (Lipinski definition) is 7. The minimum Gasteiger partial charge on any atom is -0.495 e. The van der Waals surface area contributed by atoms with E-state index in [1.807, 2.05) is 61.5 Å². The van der Waals surface area contributed by atoms with Crippen LogP contribution < -0.4 is 23.8 Å². The number of carbonyl (C=O) groups excluding carboxylic acids is 2. The number of carbonyl (C=O) groups is 2. The Bertz CT molecular complexity index is 1950. The van der Waals surface area contributed by atoms with Crippen LogP contribution in [0, 0.1) is 6.92 Å². The van der Waals surface area contributed by atoms with Crippen molar-refractivity contribution in [2.24, 2.45) is 0 Å². The molecule has 0 heterocycles. The van der Waals surface area contributed by atoms with Gasteiger partial charge in [-0.2, -0.15) is 0 Å². The monoisotopic (exact) mass is 747 g/mol. The van der Waals surface area contributed by atoms with E-state index in [9.17, 15) is 18.0 Å². The molecule has 52 heavy (non-hydrogen) atoms. The van der Waals surface area contributed by atoms with Crippen molar-refractivity contribution in [2.45, 2.75) is 69.0 Å². The second kappa shape index (κ2) is 17.7. The highest BCUT2D eigenvalue weighted by Gasteiger charge is 2.36. The lowest BCUT2D eigenvalue weighted by Crippen LogP contribution is -2.55. The molecule has 1 aliphatic carbocycles. The third-order valence-electron chi connectivity index (χ3n) is 9.29. The van der Waals surface area contributed by atoms with Crippen molar-refractivity contribution in [3.05, 3.63) is 113 Å². The predicted octanol–water partition coefficient (Wildman–Crippen LogP) is 6.96. The molecule has 276 valence electrons. The Kier molecular flexibility index (Phi) is 13.1. The summed E-state index contributed by atoms with van der Waals surface area (Å²) in [7, 11) is -0.220. The summed E-state index contributed by atoms with van der Waals surface area (Å²) < 4.78 is 46.7. The molecule has 1 atom stereocenters. The molecule has 1 aliphatic rings. The molecule has 0 saturated heterocycles. The fourth-order valence-electron chi connectivity index (χ4n) is 6.58. The van der Waals surface area contributed by atoms with E-state index in [0.29, 0.717) is 5.75 Å². The molecule has 2 amide bonds. The van der Waals surface area contributed by atoms with Gasteiger partial charge < -0.3 is 24.4 Å². The number of ether oxygens (including phenoxy) is 3. The molecule has 0 aliphatic heterocycles. The van der Waals surface area contributed by atoms with Crippen LogP contribution in [-0.2, 0) is 32.6 Å². The molecule has 1 saturated carbocycles. The van der Waals surface area contributed by atoms with E-state index in [1.165, 1.54) is 50.5 Å². The number of nitrogens with zero attached hydrogens (tertiary/aromatic N) is 2. The van der Waals surface area contributed by atoms with Gasteiger partial charge in [0, 0.05) is 30.1 Å². The van der Waals surface area contributed by atoms with Crippen LogP contribution >= 0.6 is 11.6 Å². The first-order chi connectivity index (χ1) is 25.0. The number of anilines is 1. The van der Waals surface area contributed by atoms with Gasteiger partial charge in [0.2, 0.25) is 11.8 Å².